The highest BCUT2D eigenvalue weighted by Gasteiger charge is 2.07. The molecule has 0 aliphatic carbocycles. The number of rotatable bonds is 11. The maximum Gasteiger partial charge on any atom is 0.135 e. The number of carbonyl (C=O) groups is 2. The number of ether oxygens (including phenoxy) is 2. The lowest BCUT2D eigenvalue weighted by molar-refractivity contribution is -0.122. The van der Waals surface area contributed by atoms with Gasteiger partial charge >= 0.3 is 0 Å². The van der Waals surface area contributed by atoms with Crippen molar-refractivity contribution in [3.05, 3.63) is 59.7 Å². The SMILES string of the molecule is COc1ccc(CCCC(=O)C(C)C)cc1.COc1cccc(CCC(=O)C(C)C)c1. The van der Waals surface area contributed by atoms with Crippen LogP contribution in [0.3, 0.4) is 0 Å². The molecule has 0 unspecified atom stereocenters. The Morgan fingerprint density at radius 2 is 1.29 bits per heavy atom. The molecule has 2 aromatic rings. The van der Waals surface area contributed by atoms with E-state index < -0.39 is 0 Å². The molecule has 0 aliphatic rings. The van der Waals surface area contributed by atoms with E-state index in [1.807, 2.05) is 64.1 Å². The first kappa shape index (κ1) is 26.4. The highest BCUT2D eigenvalue weighted by Crippen LogP contribution is 2.15. The van der Waals surface area contributed by atoms with E-state index in [-0.39, 0.29) is 11.8 Å². The van der Waals surface area contributed by atoms with Gasteiger partial charge in [0, 0.05) is 24.7 Å². The Hall–Kier alpha value is -2.62. The summed E-state index contributed by atoms with van der Waals surface area (Å²) in [5.74, 6) is 2.70. The fourth-order valence-electron chi connectivity index (χ4n) is 2.93. The van der Waals surface area contributed by atoms with Gasteiger partial charge in [-0.15, -0.1) is 0 Å². The van der Waals surface area contributed by atoms with Crippen molar-refractivity contribution in [1.29, 1.82) is 0 Å². The van der Waals surface area contributed by atoms with Crippen molar-refractivity contribution in [1.82, 2.24) is 0 Å². The minimum atomic E-state index is 0.135. The van der Waals surface area contributed by atoms with Crippen LogP contribution in [0, 0.1) is 11.8 Å². The molecule has 31 heavy (non-hydrogen) atoms. The Bertz CT molecular complexity index is 791. The van der Waals surface area contributed by atoms with Gasteiger partial charge in [-0.25, -0.2) is 0 Å². The van der Waals surface area contributed by atoms with Crippen LogP contribution in [0.2, 0.25) is 0 Å². The number of Topliss-reactive ketones (excluding diaryl/α,β-unsaturated/α-hetero) is 2. The molecule has 2 aromatic carbocycles. The predicted octanol–water partition coefficient (Wildman–Crippen LogP) is 6.10. The van der Waals surface area contributed by atoms with Crippen LogP contribution in [0.15, 0.2) is 48.5 Å². The van der Waals surface area contributed by atoms with Crippen LogP contribution in [0.4, 0.5) is 0 Å². The first-order chi connectivity index (χ1) is 14.8. The Balaban J connectivity index is 0.000000311. The summed E-state index contributed by atoms with van der Waals surface area (Å²) >= 11 is 0. The molecule has 4 nitrogen and oxygen atoms in total. The number of carbonyl (C=O) groups excluding carboxylic acids is 2. The Morgan fingerprint density at radius 1 is 0.710 bits per heavy atom. The molecule has 0 atom stereocenters. The van der Waals surface area contributed by atoms with E-state index >= 15 is 0 Å². The quantitative estimate of drug-likeness (QED) is 0.436. The average molecular weight is 427 g/mol. The van der Waals surface area contributed by atoms with E-state index in [2.05, 4.69) is 12.1 Å². The van der Waals surface area contributed by atoms with Crippen molar-refractivity contribution >= 4 is 11.6 Å². The van der Waals surface area contributed by atoms with Gasteiger partial charge in [0.15, 0.2) is 0 Å². The monoisotopic (exact) mass is 426 g/mol. The van der Waals surface area contributed by atoms with Gasteiger partial charge in [-0.05, 0) is 54.7 Å². The molecule has 0 bridgehead atoms. The molecule has 170 valence electrons. The maximum atomic E-state index is 11.4. The number of benzene rings is 2. The summed E-state index contributed by atoms with van der Waals surface area (Å²) in [7, 11) is 3.31. The van der Waals surface area contributed by atoms with Crippen LogP contribution in [-0.2, 0) is 22.4 Å². The largest absolute Gasteiger partial charge is 0.497 e. The third-order valence-electron chi connectivity index (χ3n) is 5.13. The van der Waals surface area contributed by atoms with Crippen LogP contribution in [0.25, 0.3) is 0 Å². The van der Waals surface area contributed by atoms with Crippen LogP contribution >= 0.6 is 0 Å². The van der Waals surface area contributed by atoms with Gasteiger partial charge in [-0.3, -0.25) is 9.59 Å². The van der Waals surface area contributed by atoms with E-state index in [4.69, 9.17) is 9.47 Å². The fourth-order valence-corrected chi connectivity index (χ4v) is 2.93. The number of aryl methyl sites for hydroxylation is 2. The molecule has 0 aliphatic heterocycles. The Morgan fingerprint density at radius 3 is 1.84 bits per heavy atom. The maximum absolute atomic E-state index is 11.4. The molecule has 0 heterocycles. The summed E-state index contributed by atoms with van der Waals surface area (Å²) in [6.45, 7) is 7.78. The smallest absolute Gasteiger partial charge is 0.135 e. The fraction of sp³-hybridized carbons (Fsp3) is 0.481. The van der Waals surface area contributed by atoms with Crippen molar-refractivity contribution in [3.63, 3.8) is 0 Å². The minimum Gasteiger partial charge on any atom is -0.497 e. The Kier molecular flexibility index (Phi) is 12.3. The van der Waals surface area contributed by atoms with Gasteiger partial charge in [-0.1, -0.05) is 52.0 Å². The number of ketones is 2. The van der Waals surface area contributed by atoms with E-state index in [0.717, 1.165) is 36.3 Å². The van der Waals surface area contributed by atoms with Crippen molar-refractivity contribution < 1.29 is 19.1 Å². The van der Waals surface area contributed by atoms with Gasteiger partial charge < -0.3 is 9.47 Å². The summed E-state index contributed by atoms with van der Waals surface area (Å²) in [6.07, 6.45) is 3.99. The van der Waals surface area contributed by atoms with E-state index in [1.165, 1.54) is 5.56 Å². The molecule has 2 rings (SSSR count). The lowest BCUT2D eigenvalue weighted by atomic mass is 10.0. The first-order valence-electron chi connectivity index (χ1n) is 11.1. The summed E-state index contributed by atoms with van der Waals surface area (Å²) < 4.78 is 10.2. The second-order valence-electron chi connectivity index (χ2n) is 8.30. The number of methoxy groups -OCH3 is 2. The predicted molar refractivity (Wildman–Crippen MR) is 127 cm³/mol. The van der Waals surface area contributed by atoms with Gasteiger partial charge in [0.2, 0.25) is 0 Å². The first-order valence-corrected chi connectivity index (χ1v) is 11.1. The number of hydrogen-bond donors (Lipinski definition) is 0. The molecule has 0 saturated heterocycles. The van der Waals surface area contributed by atoms with Crippen LogP contribution < -0.4 is 9.47 Å². The molecule has 0 radical (unpaired) electrons. The van der Waals surface area contributed by atoms with E-state index in [0.29, 0.717) is 24.4 Å². The van der Waals surface area contributed by atoms with Crippen LogP contribution in [-0.4, -0.2) is 25.8 Å². The minimum absolute atomic E-state index is 0.135. The molecule has 0 saturated carbocycles. The van der Waals surface area contributed by atoms with E-state index in [1.54, 1.807) is 14.2 Å². The zero-order valence-electron chi connectivity index (χ0n) is 19.9. The zero-order valence-corrected chi connectivity index (χ0v) is 19.9. The lowest BCUT2D eigenvalue weighted by Crippen LogP contribution is -2.07. The standard InChI is InChI=1S/C14H20O2.C13H18O2/c1-11(2)14(15)6-4-5-12-7-9-13(16-3)10-8-12;1-10(2)13(14)8-7-11-5-4-6-12(9-11)15-3/h7-11H,4-6H2,1-3H3;4-6,9-10H,7-8H2,1-3H3. The highest BCUT2D eigenvalue weighted by atomic mass is 16.5. The van der Waals surface area contributed by atoms with Gasteiger partial charge in [-0.2, -0.15) is 0 Å². The molecule has 0 N–H and O–H groups in total. The molecule has 0 fully saturated rings. The summed E-state index contributed by atoms with van der Waals surface area (Å²) in [6, 6.07) is 15.9. The highest BCUT2D eigenvalue weighted by molar-refractivity contribution is 5.80. The summed E-state index contributed by atoms with van der Waals surface area (Å²) in [5.41, 5.74) is 2.42. The van der Waals surface area contributed by atoms with Gasteiger partial charge in [0.05, 0.1) is 14.2 Å². The van der Waals surface area contributed by atoms with Gasteiger partial charge in [0.25, 0.3) is 0 Å². The Labute approximate surface area is 188 Å². The molecular weight excluding hydrogens is 388 g/mol. The number of hydrogen-bond acceptors (Lipinski definition) is 4. The molecule has 4 heteroatoms. The zero-order chi connectivity index (χ0) is 23.2. The normalized spacial score (nSPS) is 10.5. The second kappa shape index (κ2) is 14.4. The summed E-state index contributed by atoms with van der Waals surface area (Å²) in [5, 5.41) is 0. The van der Waals surface area contributed by atoms with Crippen molar-refractivity contribution in [3.8, 4) is 11.5 Å². The molecule has 0 spiro atoms. The summed E-state index contributed by atoms with van der Waals surface area (Å²) in [4.78, 5) is 22.9. The lowest BCUT2D eigenvalue weighted by Gasteiger charge is -2.05. The van der Waals surface area contributed by atoms with Crippen molar-refractivity contribution in [2.24, 2.45) is 11.8 Å². The topological polar surface area (TPSA) is 52.6 Å². The average Bonchev–Trinajstić information content (AvgIpc) is 2.78. The third-order valence-corrected chi connectivity index (χ3v) is 5.13. The van der Waals surface area contributed by atoms with Crippen LogP contribution in [0.5, 0.6) is 11.5 Å². The molecule has 0 aromatic heterocycles. The third kappa shape index (κ3) is 10.8. The van der Waals surface area contributed by atoms with Crippen LogP contribution in [0.1, 0.15) is 58.1 Å². The molecular formula is C27H38O4. The van der Waals surface area contributed by atoms with Crippen molar-refractivity contribution in [2.75, 3.05) is 14.2 Å². The van der Waals surface area contributed by atoms with Gasteiger partial charge in [0.1, 0.15) is 23.1 Å². The second-order valence-corrected chi connectivity index (χ2v) is 8.30. The molecule has 0 amide bonds. The van der Waals surface area contributed by atoms with Crippen molar-refractivity contribution in [2.45, 2.75) is 59.8 Å². The van der Waals surface area contributed by atoms with E-state index in [9.17, 15) is 9.59 Å².